The third-order valence-corrected chi connectivity index (χ3v) is 8.10. The Bertz CT molecular complexity index is 609. The van der Waals surface area contributed by atoms with Gasteiger partial charge in [0, 0.05) is 7.11 Å². The summed E-state index contributed by atoms with van der Waals surface area (Å²) >= 11 is 0. The van der Waals surface area contributed by atoms with Crippen molar-refractivity contribution in [3.05, 3.63) is 91.0 Å². The Hall–Kier alpha value is -1.23. The minimum atomic E-state index is -1.78. The molecule has 0 fully saturated rings. The number of ether oxygens (including phenoxy) is 1. The van der Waals surface area contributed by atoms with Crippen LogP contribution in [0.5, 0.6) is 0 Å². The van der Waals surface area contributed by atoms with Crippen molar-refractivity contribution in [2.75, 3.05) is 13.5 Å². The molecule has 0 aliphatic heterocycles. The van der Waals surface area contributed by atoms with E-state index in [-0.39, 0.29) is 22.3 Å². The van der Waals surface area contributed by atoms with Gasteiger partial charge in [0.15, 0.2) is 6.35 Å². The number of hydrogen-bond acceptors (Lipinski definition) is 1. The molecule has 3 aromatic carbocycles. The lowest BCUT2D eigenvalue weighted by atomic mass is 10.4. The van der Waals surface area contributed by atoms with Gasteiger partial charge in [0.1, 0.15) is 23.2 Å². The standard InChI is InChI=1S/C20H20OP.ClH.H3P/c1-21-17-22(18-11-5-2-6-12-18,19-13-7-3-8-14-19)20-15-9-4-10-16-20;;/h2-16H,17H2,1H3;1H;1H3/q+1;;/p-1. The molecule has 4 heteroatoms. The Morgan fingerprint density at radius 3 is 1.17 bits per heavy atom. The van der Waals surface area contributed by atoms with Gasteiger partial charge in [0.2, 0.25) is 0 Å². The quantitative estimate of drug-likeness (QED) is 0.594. The average molecular weight is 377 g/mol. The lowest BCUT2D eigenvalue weighted by molar-refractivity contribution is -0.00000464. The van der Waals surface area contributed by atoms with E-state index in [2.05, 4.69) is 91.0 Å². The highest BCUT2D eigenvalue weighted by Gasteiger charge is 2.45. The molecule has 0 aliphatic rings. The van der Waals surface area contributed by atoms with Gasteiger partial charge >= 0.3 is 0 Å². The molecule has 126 valence electrons. The summed E-state index contributed by atoms with van der Waals surface area (Å²) in [6, 6.07) is 32.3. The Balaban J connectivity index is 0.00000144. The maximum absolute atomic E-state index is 5.72. The van der Waals surface area contributed by atoms with Gasteiger partial charge < -0.3 is 17.1 Å². The summed E-state index contributed by atoms with van der Waals surface area (Å²) in [5.74, 6) is 0. The van der Waals surface area contributed by atoms with Crippen molar-refractivity contribution in [1.82, 2.24) is 0 Å². The van der Waals surface area contributed by atoms with Crippen LogP contribution in [0.15, 0.2) is 91.0 Å². The third-order valence-electron chi connectivity index (χ3n) is 3.91. The molecule has 0 saturated carbocycles. The van der Waals surface area contributed by atoms with Crippen LogP contribution in [-0.2, 0) is 4.74 Å². The normalized spacial score (nSPS) is 10.4. The van der Waals surface area contributed by atoms with Crippen LogP contribution in [-0.4, -0.2) is 13.5 Å². The lowest BCUT2D eigenvalue weighted by Crippen LogP contribution is -3.00. The molecular weight excluding hydrogens is 354 g/mol. The Morgan fingerprint density at radius 1 is 0.625 bits per heavy atom. The Kier molecular flexibility index (Phi) is 8.60. The van der Waals surface area contributed by atoms with Crippen molar-refractivity contribution in [3.8, 4) is 0 Å². The summed E-state index contributed by atoms with van der Waals surface area (Å²) in [4.78, 5) is 0. The number of benzene rings is 3. The molecule has 24 heavy (non-hydrogen) atoms. The second-order valence-electron chi connectivity index (χ2n) is 5.23. The van der Waals surface area contributed by atoms with Gasteiger partial charge in [-0.1, -0.05) is 54.6 Å². The van der Waals surface area contributed by atoms with Crippen molar-refractivity contribution >= 4 is 33.1 Å². The molecule has 1 nitrogen and oxygen atoms in total. The number of hydrogen-bond donors (Lipinski definition) is 0. The molecule has 3 rings (SSSR count). The molecule has 0 radical (unpaired) electrons. The zero-order valence-corrected chi connectivity index (χ0v) is 16.9. The topological polar surface area (TPSA) is 9.23 Å². The minimum Gasteiger partial charge on any atom is -1.00 e. The van der Waals surface area contributed by atoms with Crippen LogP contribution >= 0.6 is 17.2 Å². The van der Waals surface area contributed by atoms with E-state index in [0.717, 1.165) is 0 Å². The van der Waals surface area contributed by atoms with Crippen molar-refractivity contribution in [2.24, 2.45) is 0 Å². The van der Waals surface area contributed by atoms with E-state index < -0.39 is 7.26 Å². The SMILES string of the molecule is COC[P+](c1ccccc1)(c1ccccc1)c1ccccc1.P.[Cl-]. The molecule has 0 N–H and O–H groups in total. The van der Waals surface area contributed by atoms with Gasteiger partial charge in [-0.3, -0.25) is 0 Å². The molecule has 0 heterocycles. The van der Waals surface area contributed by atoms with E-state index in [0.29, 0.717) is 6.35 Å². The maximum atomic E-state index is 5.72. The molecule has 0 aromatic heterocycles. The smallest absolute Gasteiger partial charge is 0.170 e. The molecule has 0 amide bonds. The van der Waals surface area contributed by atoms with Crippen LogP contribution in [0, 0.1) is 0 Å². The zero-order valence-electron chi connectivity index (χ0n) is 13.8. The summed E-state index contributed by atoms with van der Waals surface area (Å²) in [5.41, 5.74) is 0. The van der Waals surface area contributed by atoms with Crippen LogP contribution < -0.4 is 28.3 Å². The summed E-state index contributed by atoms with van der Waals surface area (Å²) in [5, 5.41) is 4.07. The van der Waals surface area contributed by atoms with Crippen LogP contribution in [0.3, 0.4) is 0 Å². The van der Waals surface area contributed by atoms with E-state index in [1.807, 2.05) is 0 Å². The van der Waals surface area contributed by atoms with E-state index >= 15 is 0 Å². The first-order chi connectivity index (χ1) is 10.9. The van der Waals surface area contributed by atoms with Crippen molar-refractivity contribution < 1.29 is 17.1 Å². The fourth-order valence-corrected chi connectivity index (χ4v) is 6.68. The molecule has 0 saturated heterocycles. The monoisotopic (exact) mass is 376 g/mol. The first kappa shape index (κ1) is 20.8. The molecular formula is C20H23ClOP2. The summed E-state index contributed by atoms with van der Waals surface area (Å²) in [6.45, 7) is 0. The third kappa shape index (κ3) is 4.05. The summed E-state index contributed by atoms with van der Waals surface area (Å²) < 4.78 is 5.72. The molecule has 1 unspecified atom stereocenters. The largest absolute Gasteiger partial charge is 1.00 e. The van der Waals surface area contributed by atoms with Gasteiger partial charge in [0.25, 0.3) is 0 Å². The lowest BCUT2D eigenvalue weighted by Gasteiger charge is -2.26. The van der Waals surface area contributed by atoms with E-state index in [1.165, 1.54) is 15.9 Å². The minimum absolute atomic E-state index is 0. The fourth-order valence-electron chi connectivity index (χ4n) is 2.91. The van der Waals surface area contributed by atoms with Crippen LogP contribution in [0.4, 0.5) is 0 Å². The van der Waals surface area contributed by atoms with Crippen LogP contribution in [0.25, 0.3) is 0 Å². The Labute approximate surface area is 154 Å². The second-order valence-corrected chi connectivity index (χ2v) is 8.66. The van der Waals surface area contributed by atoms with Crippen molar-refractivity contribution in [2.45, 2.75) is 0 Å². The van der Waals surface area contributed by atoms with Crippen molar-refractivity contribution in [3.63, 3.8) is 0 Å². The van der Waals surface area contributed by atoms with Gasteiger partial charge in [-0.05, 0) is 36.4 Å². The van der Waals surface area contributed by atoms with Gasteiger partial charge in [0.05, 0.1) is 0 Å². The molecule has 0 spiro atoms. The molecule has 0 bridgehead atoms. The van der Waals surface area contributed by atoms with Crippen molar-refractivity contribution in [1.29, 1.82) is 0 Å². The highest BCUT2D eigenvalue weighted by molar-refractivity contribution is 7.95. The Morgan fingerprint density at radius 2 is 0.917 bits per heavy atom. The van der Waals surface area contributed by atoms with Gasteiger partial charge in [-0.2, -0.15) is 9.90 Å². The average Bonchev–Trinajstić information content (AvgIpc) is 2.62. The second kappa shape index (κ2) is 9.92. The summed E-state index contributed by atoms with van der Waals surface area (Å²) in [7, 11) is 0.0197. The summed E-state index contributed by atoms with van der Waals surface area (Å²) in [6.07, 6.45) is 0.713. The fraction of sp³-hybridized carbons (Fsp3) is 0.100. The van der Waals surface area contributed by atoms with Gasteiger partial charge in [-0.15, -0.1) is 0 Å². The molecule has 0 aliphatic carbocycles. The molecule has 1 atom stereocenters. The molecule has 3 aromatic rings. The first-order valence-electron chi connectivity index (χ1n) is 7.42. The van der Waals surface area contributed by atoms with E-state index in [9.17, 15) is 0 Å². The van der Waals surface area contributed by atoms with Crippen LogP contribution in [0.2, 0.25) is 0 Å². The number of rotatable bonds is 5. The van der Waals surface area contributed by atoms with E-state index in [4.69, 9.17) is 4.74 Å². The van der Waals surface area contributed by atoms with Crippen LogP contribution in [0.1, 0.15) is 0 Å². The van der Waals surface area contributed by atoms with E-state index in [1.54, 1.807) is 7.11 Å². The van der Waals surface area contributed by atoms with Gasteiger partial charge in [-0.25, -0.2) is 0 Å². The predicted octanol–water partition coefficient (Wildman–Crippen LogP) is 0.646. The first-order valence-corrected chi connectivity index (χ1v) is 9.39. The zero-order chi connectivity index (χ0) is 15.3. The highest BCUT2D eigenvalue weighted by atomic mass is 35.5. The number of halogens is 1. The number of methoxy groups -OCH3 is 1. The predicted molar refractivity (Wildman–Crippen MR) is 108 cm³/mol. The maximum Gasteiger partial charge on any atom is 0.170 e. The highest BCUT2D eigenvalue weighted by Crippen LogP contribution is 2.54.